The van der Waals surface area contributed by atoms with Crippen LogP contribution in [0.2, 0.25) is 0 Å². The topological polar surface area (TPSA) is 3.24 Å². The van der Waals surface area contributed by atoms with Gasteiger partial charge in [-0.25, -0.2) is 8.78 Å². The van der Waals surface area contributed by atoms with E-state index in [2.05, 4.69) is 11.9 Å². The molecule has 0 aliphatic heterocycles. The monoisotopic (exact) mass is 175 g/mol. The summed E-state index contributed by atoms with van der Waals surface area (Å²) in [7, 11) is 2.07. The van der Waals surface area contributed by atoms with Crippen LogP contribution in [-0.2, 0) is 0 Å². The van der Waals surface area contributed by atoms with Crippen molar-refractivity contribution in [3.8, 4) is 0 Å². The molecule has 0 unspecified atom stereocenters. The van der Waals surface area contributed by atoms with Crippen LogP contribution >= 0.6 is 0 Å². The molecule has 0 radical (unpaired) electrons. The van der Waals surface area contributed by atoms with Gasteiger partial charge in [0.2, 0.25) is 6.43 Å². The summed E-state index contributed by atoms with van der Waals surface area (Å²) in [6.07, 6.45) is 1.88. The van der Waals surface area contributed by atoms with Gasteiger partial charge in [0.1, 0.15) is 0 Å². The SMILES string of the molecule is CN(C1CC1)C1CC(C(F)F)C1. The molecule has 0 atom stereocenters. The number of alkyl halides is 2. The minimum Gasteiger partial charge on any atom is -0.300 e. The molecule has 0 aromatic rings. The Morgan fingerprint density at radius 1 is 1.17 bits per heavy atom. The summed E-state index contributed by atoms with van der Waals surface area (Å²) in [6, 6.07) is 1.17. The second-order valence-corrected chi connectivity index (χ2v) is 4.12. The van der Waals surface area contributed by atoms with Crippen molar-refractivity contribution in [3.63, 3.8) is 0 Å². The zero-order valence-corrected chi connectivity index (χ0v) is 7.34. The zero-order valence-electron chi connectivity index (χ0n) is 7.34. The van der Waals surface area contributed by atoms with Crippen molar-refractivity contribution in [1.29, 1.82) is 0 Å². The number of rotatable bonds is 3. The normalized spacial score (nSPS) is 35.8. The third-order valence-corrected chi connectivity index (χ3v) is 3.20. The molecule has 0 saturated heterocycles. The van der Waals surface area contributed by atoms with Gasteiger partial charge in [0.25, 0.3) is 0 Å². The van der Waals surface area contributed by atoms with Gasteiger partial charge in [-0.1, -0.05) is 0 Å². The van der Waals surface area contributed by atoms with E-state index in [0.717, 1.165) is 0 Å². The Hall–Kier alpha value is -0.180. The molecule has 0 N–H and O–H groups in total. The van der Waals surface area contributed by atoms with Crippen molar-refractivity contribution < 1.29 is 8.78 Å². The van der Waals surface area contributed by atoms with Gasteiger partial charge in [-0.2, -0.15) is 0 Å². The highest BCUT2D eigenvalue weighted by molar-refractivity contribution is 4.93. The van der Waals surface area contributed by atoms with E-state index in [0.29, 0.717) is 24.9 Å². The third-order valence-electron chi connectivity index (χ3n) is 3.20. The van der Waals surface area contributed by atoms with E-state index in [-0.39, 0.29) is 5.92 Å². The summed E-state index contributed by atoms with van der Waals surface area (Å²) in [5, 5.41) is 0. The quantitative estimate of drug-likeness (QED) is 0.635. The van der Waals surface area contributed by atoms with E-state index in [1.807, 2.05) is 0 Å². The molecule has 2 rings (SSSR count). The highest BCUT2D eigenvalue weighted by atomic mass is 19.3. The molecule has 2 saturated carbocycles. The number of hydrogen-bond donors (Lipinski definition) is 0. The van der Waals surface area contributed by atoms with Crippen molar-refractivity contribution in [2.24, 2.45) is 5.92 Å². The summed E-state index contributed by atoms with van der Waals surface area (Å²) in [5.74, 6) is -0.309. The molecule has 0 amide bonds. The number of halogens is 2. The van der Waals surface area contributed by atoms with Gasteiger partial charge in [-0.3, -0.25) is 0 Å². The first-order valence-corrected chi connectivity index (χ1v) is 4.68. The predicted molar refractivity (Wildman–Crippen MR) is 43.3 cm³/mol. The fourth-order valence-corrected chi connectivity index (χ4v) is 1.95. The predicted octanol–water partition coefficient (Wildman–Crippen LogP) is 2.12. The van der Waals surface area contributed by atoms with Crippen molar-refractivity contribution in [3.05, 3.63) is 0 Å². The van der Waals surface area contributed by atoms with Crippen molar-refractivity contribution in [2.75, 3.05) is 7.05 Å². The average molecular weight is 175 g/mol. The fourth-order valence-electron chi connectivity index (χ4n) is 1.95. The Balaban J connectivity index is 1.73. The summed E-state index contributed by atoms with van der Waals surface area (Å²) in [5.41, 5.74) is 0. The molecule has 2 fully saturated rings. The van der Waals surface area contributed by atoms with Crippen LogP contribution in [0.3, 0.4) is 0 Å². The Labute approximate surface area is 71.7 Å². The summed E-state index contributed by atoms with van der Waals surface area (Å²) >= 11 is 0. The molecule has 0 aromatic heterocycles. The van der Waals surface area contributed by atoms with Gasteiger partial charge in [-0.15, -0.1) is 0 Å². The zero-order chi connectivity index (χ0) is 8.72. The lowest BCUT2D eigenvalue weighted by Gasteiger charge is -2.41. The minimum atomic E-state index is -2.09. The first-order chi connectivity index (χ1) is 5.68. The van der Waals surface area contributed by atoms with Crippen LogP contribution in [0.4, 0.5) is 8.78 Å². The summed E-state index contributed by atoms with van der Waals surface area (Å²) in [6.45, 7) is 0. The lowest BCUT2D eigenvalue weighted by Crippen LogP contribution is -2.45. The Morgan fingerprint density at radius 3 is 2.17 bits per heavy atom. The Kier molecular flexibility index (Phi) is 2.07. The Morgan fingerprint density at radius 2 is 1.75 bits per heavy atom. The smallest absolute Gasteiger partial charge is 0.241 e. The van der Waals surface area contributed by atoms with E-state index in [9.17, 15) is 8.78 Å². The standard InChI is InChI=1S/C9H15F2N/c1-12(7-2-3-7)8-4-6(5-8)9(10)11/h6-9H,2-5H2,1H3. The second-order valence-electron chi connectivity index (χ2n) is 4.12. The average Bonchev–Trinajstić information content (AvgIpc) is 2.62. The maximum absolute atomic E-state index is 12.1. The molecule has 1 nitrogen and oxygen atoms in total. The van der Waals surface area contributed by atoms with E-state index in [4.69, 9.17) is 0 Å². The van der Waals surface area contributed by atoms with Crippen LogP contribution < -0.4 is 0 Å². The van der Waals surface area contributed by atoms with Crippen molar-refractivity contribution in [2.45, 2.75) is 44.2 Å². The van der Waals surface area contributed by atoms with Crippen LogP contribution in [0, 0.1) is 5.92 Å². The molecule has 0 spiro atoms. The van der Waals surface area contributed by atoms with Crippen LogP contribution in [0.15, 0.2) is 0 Å². The molecule has 0 aromatic carbocycles. The molecule has 0 bridgehead atoms. The fraction of sp³-hybridized carbons (Fsp3) is 1.00. The van der Waals surface area contributed by atoms with Gasteiger partial charge in [0.15, 0.2) is 0 Å². The number of nitrogens with zero attached hydrogens (tertiary/aromatic N) is 1. The van der Waals surface area contributed by atoms with Gasteiger partial charge >= 0.3 is 0 Å². The molecule has 2 aliphatic rings. The molecular formula is C9H15F2N. The van der Waals surface area contributed by atoms with E-state index in [1.165, 1.54) is 12.8 Å². The Bertz CT molecular complexity index is 162. The summed E-state index contributed by atoms with van der Waals surface area (Å²) < 4.78 is 24.2. The lowest BCUT2D eigenvalue weighted by molar-refractivity contribution is -0.0175. The van der Waals surface area contributed by atoms with Crippen LogP contribution in [0.25, 0.3) is 0 Å². The largest absolute Gasteiger partial charge is 0.300 e. The third kappa shape index (κ3) is 1.47. The van der Waals surface area contributed by atoms with Crippen molar-refractivity contribution >= 4 is 0 Å². The molecule has 2 aliphatic carbocycles. The first-order valence-electron chi connectivity index (χ1n) is 4.68. The molecule has 0 heterocycles. The van der Waals surface area contributed by atoms with Crippen LogP contribution in [0.1, 0.15) is 25.7 Å². The van der Waals surface area contributed by atoms with Gasteiger partial charge in [0, 0.05) is 18.0 Å². The van der Waals surface area contributed by atoms with E-state index >= 15 is 0 Å². The maximum Gasteiger partial charge on any atom is 0.241 e. The molecule has 3 heteroatoms. The summed E-state index contributed by atoms with van der Waals surface area (Å²) in [4.78, 5) is 2.29. The van der Waals surface area contributed by atoms with Crippen molar-refractivity contribution in [1.82, 2.24) is 4.90 Å². The highest BCUT2D eigenvalue weighted by Gasteiger charge is 2.41. The van der Waals surface area contributed by atoms with Crippen LogP contribution in [-0.4, -0.2) is 30.5 Å². The molecule has 70 valence electrons. The molecular weight excluding hydrogens is 160 g/mol. The number of hydrogen-bond acceptors (Lipinski definition) is 1. The van der Waals surface area contributed by atoms with Crippen LogP contribution in [0.5, 0.6) is 0 Å². The maximum atomic E-state index is 12.1. The highest BCUT2D eigenvalue weighted by Crippen LogP contribution is 2.39. The first kappa shape index (κ1) is 8.42. The lowest BCUT2D eigenvalue weighted by atomic mass is 9.79. The second kappa shape index (κ2) is 2.95. The van der Waals surface area contributed by atoms with Gasteiger partial charge in [0.05, 0.1) is 0 Å². The van der Waals surface area contributed by atoms with Gasteiger partial charge in [-0.05, 0) is 32.7 Å². The van der Waals surface area contributed by atoms with Gasteiger partial charge < -0.3 is 4.90 Å². The minimum absolute atomic E-state index is 0.309. The molecule has 12 heavy (non-hydrogen) atoms. The van der Waals surface area contributed by atoms with E-state index < -0.39 is 6.43 Å². The van der Waals surface area contributed by atoms with E-state index in [1.54, 1.807) is 0 Å².